The Morgan fingerprint density at radius 3 is 2.60 bits per heavy atom. The average Bonchev–Trinajstić information content (AvgIpc) is 2.81. The molecule has 3 aromatic rings. The first-order valence-corrected chi connectivity index (χ1v) is 5.92. The lowest BCUT2D eigenvalue weighted by atomic mass is 10.3. The Balaban J connectivity index is 2.14. The van der Waals surface area contributed by atoms with E-state index in [4.69, 9.17) is 16.3 Å². The lowest BCUT2D eigenvalue weighted by molar-refractivity contribution is 0.433. The summed E-state index contributed by atoms with van der Waals surface area (Å²) in [5.41, 5.74) is 0.481. The Kier molecular flexibility index (Phi) is 2.98. The SMILES string of the molecule is Cc1c(Cl)nc2ncnn2c1Oc1cc(F)cc(F)c1. The number of aromatic nitrogens is 4. The van der Waals surface area contributed by atoms with Crippen LogP contribution in [-0.4, -0.2) is 19.6 Å². The minimum absolute atomic E-state index is 0.00957. The molecule has 0 saturated carbocycles. The van der Waals surface area contributed by atoms with Gasteiger partial charge in [0, 0.05) is 23.8 Å². The zero-order valence-corrected chi connectivity index (χ0v) is 10.9. The quantitative estimate of drug-likeness (QED) is 0.682. The molecule has 0 bridgehead atoms. The van der Waals surface area contributed by atoms with Gasteiger partial charge in [0.25, 0.3) is 5.78 Å². The molecular weight excluding hydrogens is 290 g/mol. The van der Waals surface area contributed by atoms with Crippen molar-refractivity contribution in [3.8, 4) is 11.6 Å². The van der Waals surface area contributed by atoms with Crippen LogP contribution in [0.2, 0.25) is 5.15 Å². The van der Waals surface area contributed by atoms with Gasteiger partial charge in [-0.25, -0.2) is 8.78 Å². The Morgan fingerprint density at radius 2 is 1.90 bits per heavy atom. The van der Waals surface area contributed by atoms with Gasteiger partial charge in [0.15, 0.2) is 0 Å². The highest BCUT2D eigenvalue weighted by molar-refractivity contribution is 6.30. The molecule has 20 heavy (non-hydrogen) atoms. The highest BCUT2D eigenvalue weighted by atomic mass is 35.5. The van der Waals surface area contributed by atoms with Gasteiger partial charge >= 0.3 is 0 Å². The number of rotatable bonds is 2. The number of benzene rings is 1. The van der Waals surface area contributed by atoms with E-state index in [0.717, 1.165) is 18.2 Å². The maximum atomic E-state index is 13.2. The molecule has 102 valence electrons. The first kappa shape index (κ1) is 12.7. The monoisotopic (exact) mass is 296 g/mol. The Bertz CT molecular complexity index is 785. The third-order valence-corrected chi connectivity index (χ3v) is 2.97. The molecular formula is C12H7ClF2N4O. The second-order valence-electron chi connectivity index (χ2n) is 4.01. The van der Waals surface area contributed by atoms with E-state index in [0.29, 0.717) is 5.56 Å². The van der Waals surface area contributed by atoms with Crippen LogP contribution >= 0.6 is 11.6 Å². The van der Waals surface area contributed by atoms with Gasteiger partial charge in [0.05, 0.1) is 0 Å². The van der Waals surface area contributed by atoms with E-state index in [1.165, 1.54) is 10.8 Å². The van der Waals surface area contributed by atoms with Gasteiger partial charge in [-0.2, -0.15) is 19.6 Å². The van der Waals surface area contributed by atoms with E-state index in [-0.39, 0.29) is 22.6 Å². The van der Waals surface area contributed by atoms with Crippen molar-refractivity contribution in [3.63, 3.8) is 0 Å². The number of hydrogen-bond acceptors (Lipinski definition) is 4. The highest BCUT2D eigenvalue weighted by Crippen LogP contribution is 2.29. The second-order valence-corrected chi connectivity index (χ2v) is 4.37. The van der Waals surface area contributed by atoms with Crippen molar-refractivity contribution in [2.24, 2.45) is 0 Å². The van der Waals surface area contributed by atoms with Crippen molar-refractivity contribution in [2.75, 3.05) is 0 Å². The van der Waals surface area contributed by atoms with Crippen LogP contribution in [0.5, 0.6) is 11.6 Å². The van der Waals surface area contributed by atoms with Gasteiger partial charge in [-0.1, -0.05) is 11.6 Å². The summed E-state index contributed by atoms with van der Waals surface area (Å²) in [5.74, 6) is -1.07. The number of nitrogens with zero attached hydrogens (tertiary/aromatic N) is 4. The maximum absolute atomic E-state index is 13.2. The molecule has 0 aliphatic carbocycles. The third kappa shape index (κ3) is 2.16. The van der Waals surface area contributed by atoms with Gasteiger partial charge in [-0.15, -0.1) is 0 Å². The summed E-state index contributed by atoms with van der Waals surface area (Å²) < 4.78 is 33.1. The zero-order valence-electron chi connectivity index (χ0n) is 10.1. The molecule has 8 heteroatoms. The molecule has 0 radical (unpaired) electrons. The molecule has 0 unspecified atom stereocenters. The molecule has 0 aliphatic heterocycles. The van der Waals surface area contributed by atoms with E-state index in [9.17, 15) is 8.78 Å². The summed E-state index contributed by atoms with van der Waals surface area (Å²) in [4.78, 5) is 7.89. The maximum Gasteiger partial charge on any atom is 0.256 e. The lowest BCUT2D eigenvalue weighted by Gasteiger charge is -2.10. The van der Waals surface area contributed by atoms with Crippen molar-refractivity contribution in [1.29, 1.82) is 0 Å². The van der Waals surface area contributed by atoms with Crippen molar-refractivity contribution in [1.82, 2.24) is 19.6 Å². The van der Waals surface area contributed by atoms with Crippen LogP contribution < -0.4 is 4.74 Å². The highest BCUT2D eigenvalue weighted by Gasteiger charge is 2.15. The lowest BCUT2D eigenvalue weighted by Crippen LogP contribution is -2.02. The number of halogens is 3. The van der Waals surface area contributed by atoms with Crippen molar-refractivity contribution in [3.05, 3.63) is 46.9 Å². The van der Waals surface area contributed by atoms with Crippen LogP contribution in [-0.2, 0) is 0 Å². The second kappa shape index (κ2) is 4.68. The summed E-state index contributed by atoms with van der Waals surface area (Å²) in [7, 11) is 0. The topological polar surface area (TPSA) is 52.3 Å². The van der Waals surface area contributed by atoms with Crippen LogP contribution in [0, 0.1) is 18.6 Å². The smallest absolute Gasteiger partial charge is 0.256 e. The molecule has 0 saturated heterocycles. The van der Waals surface area contributed by atoms with Gasteiger partial charge < -0.3 is 4.74 Å². The molecule has 0 spiro atoms. The molecule has 0 fully saturated rings. The molecule has 0 N–H and O–H groups in total. The van der Waals surface area contributed by atoms with Gasteiger partial charge in [-0.3, -0.25) is 0 Å². The third-order valence-electron chi connectivity index (χ3n) is 2.60. The largest absolute Gasteiger partial charge is 0.438 e. The fourth-order valence-corrected chi connectivity index (χ4v) is 1.85. The Morgan fingerprint density at radius 1 is 1.20 bits per heavy atom. The van der Waals surface area contributed by atoms with E-state index in [1.807, 2.05) is 0 Å². The van der Waals surface area contributed by atoms with E-state index in [2.05, 4.69) is 15.1 Å². The van der Waals surface area contributed by atoms with Gasteiger partial charge in [0.1, 0.15) is 28.9 Å². The number of hydrogen-bond donors (Lipinski definition) is 0. The predicted molar refractivity (Wildman–Crippen MR) is 67.0 cm³/mol. The zero-order chi connectivity index (χ0) is 14.3. The fraction of sp³-hybridized carbons (Fsp3) is 0.0833. The molecule has 0 aliphatic rings. The van der Waals surface area contributed by atoms with E-state index in [1.54, 1.807) is 6.92 Å². The molecule has 2 aromatic heterocycles. The van der Waals surface area contributed by atoms with Gasteiger partial charge in [-0.05, 0) is 6.92 Å². The molecule has 0 amide bonds. The Labute approximate surface area is 116 Å². The Hall–Kier alpha value is -2.28. The van der Waals surface area contributed by atoms with Crippen LogP contribution in [0.3, 0.4) is 0 Å². The van der Waals surface area contributed by atoms with Crippen molar-refractivity contribution < 1.29 is 13.5 Å². The predicted octanol–water partition coefficient (Wildman–Crippen LogP) is 3.16. The minimum Gasteiger partial charge on any atom is -0.438 e. The molecule has 5 nitrogen and oxygen atoms in total. The minimum atomic E-state index is -0.743. The summed E-state index contributed by atoms with van der Waals surface area (Å²) in [6.45, 7) is 1.65. The average molecular weight is 297 g/mol. The number of fused-ring (bicyclic) bond motifs is 1. The molecule has 0 atom stereocenters. The van der Waals surface area contributed by atoms with Crippen LogP contribution in [0.4, 0.5) is 8.78 Å². The van der Waals surface area contributed by atoms with Crippen molar-refractivity contribution in [2.45, 2.75) is 6.92 Å². The van der Waals surface area contributed by atoms with Crippen LogP contribution in [0.15, 0.2) is 24.5 Å². The van der Waals surface area contributed by atoms with Crippen LogP contribution in [0.25, 0.3) is 5.78 Å². The first-order chi connectivity index (χ1) is 9.54. The van der Waals surface area contributed by atoms with Gasteiger partial charge in [0.2, 0.25) is 5.88 Å². The summed E-state index contributed by atoms with van der Waals surface area (Å²) in [5, 5.41) is 4.11. The normalized spacial score (nSPS) is 11.0. The summed E-state index contributed by atoms with van der Waals surface area (Å²) in [6.07, 6.45) is 1.27. The fourth-order valence-electron chi connectivity index (χ4n) is 1.69. The van der Waals surface area contributed by atoms with Crippen molar-refractivity contribution >= 4 is 17.4 Å². The van der Waals surface area contributed by atoms with Crippen LogP contribution in [0.1, 0.15) is 5.56 Å². The molecule has 1 aromatic carbocycles. The molecule has 3 rings (SSSR count). The first-order valence-electron chi connectivity index (χ1n) is 5.54. The standard InChI is InChI=1S/C12H7ClF2N4O/c1-6-10(13)18-12-16-5-17-19(12)11(6)20-9-3-7(14)2-8(15)4-9/h2-5H,1H3. The van der Waals surface area contributed by atoms with E-state index >= 15 is 0 Å². The van der Waals surface area contributed by atoms with E-state index < -0.39 is 11.6 Å². The molecule has 2 heterocycles. The summed E-state index contributed by atoms with van der Waals surface area (Å²) >= 11 is 5.96. The summed E-state index contributed by atoms with van der Waals surface area (Å²) in [6, 6.07) is 2.86. The number of ether oxygens (including phenoxy) is 1.